The van der Waals surface area contributed by atoms with Crippen molar-refractivity contribution in [1.82, 2.24) is 14.5 Å². The smallest absolute Gasteiger partial charge is 0.322 e. The van der Waals surface area contributed by atoms with Gasteiger partial charge in [-0.25, -0.2) is 12.7 Å². The number of nitrogens with one attached hydrogen (secondary N) is 1. The molecule has 0 spiro atoms. The minimum absolute atomic E-state index is 0.0520. The van der Waals surface area contributed by atoms with Crippen molar-refractivity contribution in [3.63, 3.8) is 0 Å². The summed E-state index contributed by atoms with van der Waals surface area (Å²) < 4.78 is 30.2. The van der Waals surface area contributed by atoms with Gasteiger partial charge in [-0.15, -0.1) is 16.9 Å². The van der Waals surface area contributed by atoms with Crippen molar-refractivity contribution in [2.24, 2.45) is 5.92 Å². The summed E-state index contributed by atoms with van der Waals surface area (Å²) in [5, 5.41) is 10.4. The first-order chi connectivity index (χ1) is 12.9. The fraction of sp³-hybridized carbons (Fsp3) is 0.471. The van der Waals surface area contributed by atoms with Crippen LogP contribution in [0.3, 0.4) is 0 Å². The van der Waals surface area contributed by atoms with Gasteiger partial charge in [-0.1, -0.05) is 23.3 Å². The molecule has 8 nitrogen and oxygen atoms in total. The molecule has 2 heterocycles. The van der Waals surface area contributed by atoms with Crippen LogP contribution in [0.2, 0.25) is 0 Å². The number of aryl methyl sites for hydroxylation is 1. The molecule has 1 atom stereocenters. The Hall–Kier alpha value is -1.91. The second-order valence-corrected chi connectivity index (χ2v) is 9.51. The monoisotopic (exact) mass is 410 g/mol. The predicted octanol–water partition coefficient (Wildman–Crippen LogP) is 2.01. The van der Waals surface area contributed by atoms with E-state index in [2.05, 4.69) is 15.5 Å². The zero-order valence-corrected chi connectivity index (χ0v) is 16.6. The van der Waals surface area contributed by atoms with Gasteiger partial charge in [0.1, 0.15) is 0 Å². The molecule has 0 aliphatic carbocycles. The van der Waals surface area contributed by atoms with E-state index >= 15 is 0 Å². The van der Waals surface area contributed by atoms with E-state index in [9.17, 15) is 13.2 Å². The number of hydrogen-bond donors (Lipinski definition) is 1. The molecule has 3 rings (SSSR count). The van der Waals surface area contributed by atoms with Crippen molar-refractivity contribution < 1.29 is 17.6 Å². The summed E-state index contributed by atoms with van der Waals surface area (Å²) in [6, 6.07) is 10.1. The topological polar surface area (TPSA) is 105 Å². The van der Waals surface area contributed by atoms with Gasteiger partial charge in [0.15, 0.2) is 0 Å². The first-order valence-corrected chi connectivity index (χ1v) is 11.5. The molecule has 10 heteroatoms. The van der Waals surface area contributed by atoms with Crippen molar-refractivity contribution in [3.05, 3.63) is 36.2 Å². The molecule has 0 saturated carbocycles. The number of rotatable bonds is 7. The van der Waals surface area contributed by atoms with Gasteiger partial charge < -0.3 is 4.42 Å². The van der Waals surface area contributed by atoms with Gasteiger partial charge in [-0.05, 0) is 25.0 Å². The van der Waals surface area contributed by atoms with Gasteiger partial charge in [0.05, 0.1) is 12.2 Å². The average molecular weight is 411 g/mol. The van der Waals surface area contributed by atoms with Crippen LogP contribution in [0.4, 0.5) is 6.01 Å². The second kappa shape index (κ2) is 8.85. The Labute approximate surface area is 162 Å². The van der Waals surface area contributed by atoms with Gasteiger partial charge in [0, 0.05) is 30.2 Å². The average Bonchev–Trinajstić information content (AvgIpc) is 3.09. The van der Waals surface area contributed by atoms with E-state index in [0.717, 1.165) is 12.0 Å². The Morgan fingerprint density at radius 1 is 1.33 bits per heavy atom. The number of amides is 1. The minimum atomic E-state index is -3.29. The zero-order valence-electron chi connectivity index (χ0n) is 15.0. The third-order valence-corrected chi connectivity index (χ3v) is 6.53. The molecule has 0 radical (unpaired) electrons. The number of sulfonamides is 1. The molecule has 1 fully saturated rings. The van der Waals surface area contributed by atoms with Crippen molar-refractivity contribution in [2.45, 2.75) is 24.2 Å². The minimum Gasteiger partial charge on any atom is -0.408 e. The van der Waals surface area contributed by atoms with Crippen LogP contribution >= 0.6 is 11.8 Å². The van der Waals surface area contributed by atoms with Crippen molar-refractivity contribution >= 4 is 33.7 Å². The highest BCUT2D eigenvalue weighted by Gasteiger charge is 2.30. The molecule has 1 N–H and O–H groups in total. The van der Waals surface area contributed by atoms with Crippen LogP contribution in [0, 0.1) is 5.92 Å². The number of anilines is 1. The van der Waals surface area contributed by atoms with Gasteiger partial charge in [0.25, 0.3) is 0 Å². The van der Waals surface area contributed by atoms with Crippen LogP contribution in [-0.2, 0) is 21.2 Å². The fourth-order valence-corrected chi connectivity index (χ4v) is 4.62. The Morgan fingerprint density at radius 2 is 2.11 bits per heavy atom. The van der Waals surface area contributed by atoms with E-state index in [4.69, 9.17) is 4.42 Å². The molecule has 1 aromatic heterocycles. The SMILES string of the molecule is CS(=O)(=O)N1CCC[C@H](C(=O)Nc2nnc(CCSc3ccccc3)o2)C1. The zero-order chi connectivity index (χ0) is 19.3. The van der Waals surface area contributed by atoms with E-state index in [1.54, 1.807) is 11.8 Å². The number of thioether (sulfide) groups is 1. The number of carbonyl (C=O) groups is 1. The molecule has 1 aliphatic heterocycles. The number of aromatic nitrogens is 2. The molecule has 1 aromatic carbocycles. The highest BCUT2D eigenvalue weighted by molar-refractivity contribution is 7.99. The highest BCUT2D eigenvalue weighted by atomic mass is 32.2. The first-order valence-electron chi connectivity index (χ1n) is 8.68. The predicted molar refractivity (Wildman–Crippen MR) is 103 cm³/mol. The normalized spacial score (nSPS) is 18.3. The van der Waals surface area contributed by atoms with E-state index in [0.29, 0.717) is 31.7 Å². The molecular formula is C17H22N4O4S2. The fourth-order valence-electron chi connectivity index (χ4n) is 2.84. The lowest BCUT2D eigenvalue weighted by Gasteiger charge is -2.29. The number of benzene rings is 1. The Kier molecular flexibility index (Phi) is 6.51. The maximum atomic E-state index is 12.4. The van der Waals surface area contributed by atoms with Crippen molar-refractivity contribution in [2.75, 3.05) is 30.4 Å². The first kappa shape index (κ1) is 19.8. The van der Waals surface area contributed by atoms with E-state index < -0.39 is 15.9 Å². The van der Waals surface area contributed by atoms with Gasteiger partial charge >= 0.3 is 6.01 Å². The standard InChI is InChI=1S/C17H22N4O4S2/c1-27(23,24)21-10-5-6-13(12-21)16(22)18-17-20-19-15(25-17)9-11-26-14-7-3-2-4-8-14/h2-4,7-8,13H,5-6,9-12H2,1H3,(H,18,20,22)/t13-/m0/s1. The third-order valence-electron chi connectivity index (χ3n) is 4.25. The quantitative estimate of drug-likeness (QED) is 0.696. The molecule has 0 unspecified atom stereocenters. The summed E-state index contributed by atoms with van der Waals surface area (Å²) in [4.78, 5) is 13.5. The summed E-state index contributed by atoms with van der Waals surface area (Å²) in [5.74, 6) is 0.524. The lowest BCUT2D eigenvalue weighted by molar-refractivity contribution is -0.121. The highest BCUT2D eigenvalue weighted by Crippen LogP contribution is 2.21. The van der Waals surface area contributed by atoms with Gasteiger partial charge in [0.2, 0.25) is 21.8 Å². The van der Waals surface area contributed by atoms with E-state index in [1.165, 1.54) is 9.20 Å². The summed E-state index contributed by atoms with van der Waals surface area (Å²) in [6.07, 6.45) is 3.03. The summed E-state index contributed by atoms with van der Waals surface area (Å²) in [5.41, 5.74) is 0. The van der Waals surface area contributed by atoms with Crippen LogP contribution < -0.4 is 5.32 Å². The molecular weight excluding hydrogens is 388 g/mol. The molecule has 1 saturated heterocycles. The Morgan fingerprint density at radius 3 is 2.85 bits per heavy atom. The van der Waals surface area contributed by atoms with Crippen LogP contribution in [-0.4, -0.2) is 53.9 Å². The van der Waals surface area contributed by atoms with Crippen LogP contribution in [0.1, 0.15) is 18.7 Å². The second-order valence-electron chi connectivity index (χ2n) is 6.36. The molecule has 146 valence electrons. The van der Waals surface area contributed by atoms with Crippen LogP contribution in [0.15, 0.2) is 39.6 Å². The summed E-state index contributed by atoms with van der Waals surface area (Å²) >= 11 is 1.69. The molecule has 1 amide bonds. The molecule has 27 heavy (non-hydrogen) atoms. The number of hydrogen-bond acceptors (Lipinski definition) is 7. The number of piperidine rings is 1. The van der Waals surface area contributed by atoms with E-state index in [1.807, 2.05) is 30.3 Å². The maximum Gasteiger partial charge on any atom is 0.322 e. The van der Waals surface area contributed by atoms with Gasteiger partial charge in [-0.2, -0.15) is 0 Å². The summed E-state index contributed by atoms with van der Waals surface area (Å²) in [7, 11) is -3.29. The maximum absolute atomic E-state index is 12.4. The lowest BCUT2D eigenvalue weighted by Crippen LogP contribution is -2.43. The molecule has 0 bridgehead atoms. The molecule has 1 aliphatic rings. The third kappa shape index (κ3) is 5.78. The summed E-state index contributed by atoms with van der Waals surface area (Å²) in [6.45, 7) is 0.631. The van der Waals surface area contributed by atoms with Crippen molar-refractivity contribution in [1.29, 1.82) is 0 Å². The largest absolute Gasteiger partial charge is 0.408 e. The van der Waals surface area contributed by atoms with Gasteiger partial charge in [-0.3, -0.25) is 10.1 Å². The van der Waals surface area contributed by atoms with Crippen molar-refractivity contribution in [3.8, 4) is 0 Å². The molecule has 2 aromatic rings. The Bertz CT molecular complexity index is 870. The van der Waals surface area contributed by atoms with Crippen LogP contribution in [0.25, 0.3) is 0 Å². The van der Waals surface area contributed by atoms with E-state index in [-0.39, 0.29) is 18.5 Å². The number of carbonyl (C=O) groups excluding carboxylic acids is 1. The van der Waals surface area contributed by atoms with Crippen LogP contribution in [0.5, 0.6) is 0 Å². The number of nitrogens with zero attached hydrogens (tertiary/aromatic N) is 3. The Balaban J connectivity index is 1.49. The lowest BCUT2D eigenvalue weighted by atomic mass is 9.99.